The van der Waals surface area contributed by atoms with E-state index >= 15 is 0 Å². The van der Waals surface area contributed by atoms with Gasteiger partial charge < -0.3 is 14.2 Å². The first-order chi connectivity index (χ1) is 34.3. The molecule has 0 amide bonds. The van der Waals surface area contributed by atoms with E-state index in [-0.39, 0.29) is 31.1 Å². The van der Waals surface area contributed by atoms with Crippen molar-refractivity contribution in [2.75, 3.05) is 13.2 Å². The molecule has 70 heavy (non-hydrogen) atoms. The van der Waals surface area contributed by atoms with Crippen molar-refractivity contribution < 1.29 is 28.6 Å². The number of ether oxygens (including phenoxy) is 3. The van der Waals surface area contributed by atoms with Crippen LogP contribution in [0.15, 0.2) is 0 Å². The molecule has 0 rings (SSSR count). The smallest absolute Gasteiger partial charge is 0.306 e. The van der Waals surface area contributed by atoms with Crippen molar-refractivity contribution in [2.45, 2.75) is 368 Å². The number of hydrogen-bond acceptors (Lipinski definition) is 6. The zero-order valence-electron chi connectivity index (χ0n) is 48.2. The Labute approximate surface area is 438 Å². The number of rotatable bonds is 58. The van der Waals surface area contributed by atoms with Crippen LogP contribution >= 0.6 is 0 Å². The summed E-state index contributed by atoms with van der Waals surface area (Å²) >= 11 is 0. The second-order valence-corrected chi connectivity index (χ2v) is 22.5. The molecule has 0 aromatic rings. The lowest BCUT2D eigenvalue weighted by atomic mass is 9.99. The van der Waals surface area contributed by atoms with E-state index in [0.717, 1.165) is 69.6 Å². The van der Waals surface area contributed by atoms with E-state index in [4.69, 9.17) is 14.2 Å². The summed E-state index contributed by atoms with van der Waals surface area (Å²) < 4.78 is 16.9. The summed E-state index contributed by atoms with van der Waals surface area (Å²) in [6, 6.07) is 0. The normalized spacial score (nSPS) is 12.8. The Kier molecular flexibility index (Phi) is 55.4. The van der Waals surface area contributed by atoms with Crippen LogP contribution in [0.25, 0.3) is 0 Å². The maximum Gasteiger partial charge on any atom is 0.306 e. The molecule has 0 aliphatic rings. The number of carbonyl (C=O) groups excluding carboxylic acids is 3. The zero-order valence-corrected chi connectivity index (χ0v) is 48.2. The van der Waals surface area contributed by atoms with Crippen molar-refractivity contribution in [3.8, 4) is 0 Å². The molecule has 0 aliphatic heterocycles. The van der Waals surface area contributed by atoms with Crippen LogP contribution in [0.5, 0.6) is 0 Å². The maximum atomic E-state index is 12.9. The molecule has 6 heteroatoms. The highest BCUT2D eigenvalue weighted by Gasteiger charge is 2.19. The van der Waals surface area contributed by atoms with Gasteiger partial charge in [0, 0.05) is 19.3 Å². The van der Waals surface area contributed by atoms with Gasteiger partial charge in [0.05, 0.1) is 0 Å². The van der Waals surface area contributed by atoms with Crippen molar-refractivity contribution in [2.24, 2.45) is 11.8 Å². The van der Waals surface area contributed by atoms with Gasteiger partial charge in [0.25, 0.3) is 0 Å². The molecule has 0 aliphatic carbocycles. The van der Waals surface area contributed by atoms with Crippen LogP contribution < -0.4 is 0 Å². The SMILES string of the molecule is CCCCCCCCCCCCCCCCCCCCC(=O)O[C@H](COC(=O)CCCCCCCCCCCCCCCCCCCCC(C)CC)COC(=O)CCCCCCCCCCC(C)CC. The molecule has 0 saturated carbocycles. The van der Waals surface area contributed by atoms with Crippen molar-refractivity contribution in [1.82, 2.24) is 0 Å². The molecule has 6 nitrogen and oxygen atoms in total. The summed E-state index contributed by atoms with van der Waals surface area (Å²) in [5.74, 6) is 0.923. The van der Waals surface area contributed by atoms with Gasteiger partial charge in [0.15, 0.2) is 6.10 Å². The number of esters is 3. The Bertz CT molecular complexity index is 1080. The highest BCUT2D eigenvalue weighted by Crippen LogP contribution is 2.19. The maximum absolute atomic E-state index is 12.9. The molecule has 0 N–H and O–H groups in total. The molecule has 0 fully saturated rings. The lowest BCUT2D eigenvalue weighted by Crippen LogP contribution is -2.30. The van der Waals surface area contributed by atoms with Crippen LogP contribution in [0.3, 0.4) is 0 Å². The molecule has 0 aromatic heterocycles. The van der Waals surface area contributed by atoms with E-state index in [1.807, 2.05) is 0 Å². The summed E-state index contributed by atoms with van der Waals surface area (Å²) in [4.78, 5) is 38.3. The monoisotopic (exact) mass is 989 g/mol. The molecule has 0 bridgehead atoms. The van der Waals surface area contributed by atoms with Gasteiger partial charge in [-0.05, 0) is 31.1 Å². The summed E-state index contributed by atoms with van der Waals surface area (Å²) in [7, 11) is 0. The average molecular weight is 990 g/mol. The van der Waals surface area contributed by atoms with Gasteiger partial charge in [-0.1, -0.05) is 324 Å². The van der Waals surface area contributed by atoms with Gasteiger partial charge >= 0.3 is 17.9 Å². The molecule has 2 unspecified atom stereocenters. The van der Waals surface area contributed by atoms with Gasteiger partial charge in [-0.2, -0.15) is 0 Å². The minimum absolute atomic E-state index is 0.0624. The van der Waals surface area contributed by atoms with Crippen LogP contribution in [0, 0.1) is 11.8 Å². The largest absolute Gasteiger partial charge is 0.462 e. The number of carbonyl (C=O) groups is 3. The van der Waals surface area contributed by atoms with E-state index in [0.29, 0.717) is 19.3 Å². The first-order valence-corrected chi connectivity index (χ1v) is 31.8. The van der Waals surface area contributed by atoms with Crippen molar-refractivity contribution in [3.05, 3.63) is 0 Å². The molecular weight excluding hydrogens is 865 g/mol. The van der Waals surface area contributed by atoms with Gasteiger partial charge in [-0.25, -0.2) is 0 Å². The predicted molar refractivity (Wildman–Crippen MR) is 303 cm³/mol. The Hall–Kier alpha value is -1.59. The van der Waals surface area contributed by atoms with Gasteiger partial charge in [0.2, 0.25) is 0 Å². The van der Waals surface area contributed by atoms with Crippen LogP contribution in [0.1, 0.15) is 362 Å². The molecule has 0 saturated heterocycles. The standard InChI is InChI=1S/C64H124O6/c1-6-9-10-11-12-13-14-15-16-17-21-25-28-31-34-41-46-51-56-64(67)70-61(58-69-63(66)55-50-45-40-36-35-38-43-48-53-60(5)8-3)57-68-62(65)54-49-44-39-33-30-27-24-22-19-18-20-23-26-29-32-37-42-47-52-59(4)7-2/h59-61H,6-58H2,1-5H3/t59?,60?,61-/m1/s1. The predicted octanol–water partition coefficient (Wildman–Crippen LogP) is 21.2. The number of hydrogen-bond donors (Lipinski definition) is 0. The topological polar surface area (TPSA) is 78.9 Å². The van der Waals surface area contributed by atoms with Crippen LogP contribution in [-0.2, 0) is 28.6 Å². The quantitative estimate of drug-likeness (QED) is 0.0343. The van der Waals surface area contributed by atoms with Gasteiger partial charge in [-0.3, -0.25) is 14.4 Å². The third-order valence-electron chi connectivity index (χ3n) is 15.4. The van der Waals surface area contributed by atoms with Crippen LogP contribution in [0.4, 0.5) is 0 Å². The summed E-state index contributed by atoms with van der Waals surface area (Å²) in [6.45, 7) is 11.5. The summed E-state index contributed by atoms with van der Waals surface area (Å²) in [5.41, 5.74) is 0. The van der Waals surface area contributed by atoms with Crippen molar-refractivity contribution in [3.63, 3.8) is 0 Å². The average Bonchev–Trinajstić information content (AvgIpc) is 3.36. The molecule has 0 radical (unpaired) electrons. The van der Waals surface area contributed by atoms with Crippen LogP contribution in [0.2, 0.25) is 0 Å². The van der Waals surface area contributed by atoms with Crippen molar-refractivity contribution in [1.29, 1.82) is 0 Å². The molecule has 0 heterocycles. The van der Waals surface area contributed by atoms with Gasteiger partial charge in [0.1, 0.15) is 13.2 Å². The highest BCUT2D eigenvalue weighted by molar-refractivity contribution is 5.71. The third-order valence-corrected chi connectivity index (χ3v) is 15.4. The molecule has 416 valence electrons. The highest BCUT2D eigenvalue weighted by atomic mass is 16.6. The minimum Gasteiger partial charge on any atom is -0.462 e. The minimum atomic E-state index is -0.764. The summed E-state index contributed by atoms with van der Waals surface area (Å²) in [6.07, 6.45) is 62.4. The fraction of sp³-hybridized carbons (Fsp3) is 0.953. The molecule has 0 spiro atoms. The lowest BCUT2D eigenvalue weighted by molar-refractivity contribution is -0.167. The van der Waals surface area contributed by atoms with Crippen LogP contribution in [-0.4, -0.2) is 37.2 Å². The molecule has 3 atom stereocenters. The Morgan fingerprint density at radius 1 is 0.286 bits per heavy atom. The van der Waals surface area contributed by atoms with E-state index in [2.05, 4.69) is 34.6 Å². The first-order valence-electron chi connectivity index (χ1n) is 31.8. The Balaban J connectivity index is 4.23. The van der Waals surface area contributed by atoms with Gasteiger partial charge in [-0.15, -0.1) is 0 Å². The second kappa shape index (κ2) is 56.7. The first kappa shape index (κ1) is 68.4. The Morgan fingerprint density at radius 2 is 0.500 bits per heavy atom. The third kappa shape index (κ3) is 54.2. The molecule has 0 aromatic carbocycles. The second-order valence-electron chi connectivity index (χ2n) is 22.5. The van der Waals surface area contributed by atoms with E-state index in [9.17, 15) is 14.4 Å². The number of unbranched alkanes of at least 4 members (excludes halogenated alkanes) is 41. The Morgan fingerprint density at radius 3 is 0.743 bits per heavy atom. The summed E-state index contributed by atoms with van der Waals surface area (Å²) in [5, 5.41) is 0. The fourth-order valence-corrected chi connectivity index (χ4v) is 9.87. The fourth-order valence-electron chi connectivity index (χ4n) is 9.87. The van der Waals surface area contributed by atoms with E-state index in [1.54, 1.807) is 0 Å². The molecular formula is C64H124O6. The zero-order chi connectivity index (χ0) is 51.1. The van der Waals surface area contributed by atoms with Crippen molar-refractivity contribution >= 4 is 17.9 Å². The van der Waals surface area contributed by atoms with E-state index in [1.165, 1.54) is 250 Å². The lowest BCUT2D eigenvalue weighted by Gasteiger charge is -2.18. The van der Waals surface area contributed by atoms with E-state index < -0.39 is 6.10 Å².